The van der Waals surface area contributed by atoms with Crippen molar-refractivity contribution in [3.05, 3.63) is 54.4 Å². The fourth-order valence-electron chi connectivity index (χ4n) is 2.43. The number of nitrogens with zero attached hydrogens (tertiary/aromatic N) is 2. The number of aromatic nitrogens is 2. The molecule has 0 saturated carbocycles. The average Bonchev–Trinajstić information content (AvgIpc) is 3.05. The molecule has 132 valence electrons. The van der Waals surface area contributed by atoms with E-state index in [0.29, 0.717) is 11.1 Å². The number of nitrogens with one attached hydrogen (secondary N) is 2. The molecule has 0 aliphatic heterocycles. The van der Waals surface area contributed by atoms with Gasteiger partial charge in [-0.15, -0.1) is 5.10 Å². The van der Waals surface area contributed by atoms with Gasteiger partial charge in [0, 0.05) is 11.6 Å². The molecule has 1 atom stereocenters. The van der Waals surface area contributed by atoms with Crippen molar-refractivity contribution in [2.75, 3.05) is 5.32 Å². The van der Waals surface area contributed by atoms with Gasteiger partial charge in [0.15, 0.2) is 5.82 Å². The Labute approximate surface area is 148 Å². The maximum Gasteiger partial charge on any atom is 0.475 e. The highest BCUT2D eigenvalue weighted by Crippen LogP contribution is 2.22. The Bertz CT molecular complexity index is 915. The maximum absolute atomic E-state index is 12.0. The minimum Gasteiger partial charge on any atom is -0.464 e. The lowest BCUT2D eigenvalue weighted by atomic mass is 9.76. The van der Waals surface area contributed by atoms with Crippen molar-refractivity contribution in [2.45, 2.75) is 12.4 Å². The van der Waals surface area contributed by atoms with E-state index in [2.05, 4.69) is 20.8 Å². The van der Waals surface area contributed by atoms with Crippen molar-refractivity contribution in [3.8, 4) is 0 Å². The van der Waals surface area contributed by atoms with E-state index >= 15 is 0 Å². The van der Waals surface area contributed by atoms with Crippen LogP contribution < -0.4 is 10.6 Å². The molecule has 1 aromatic carbocycles. The summed E-state index contributed by atoms with van der Waals surface area (Å²) in [6.07, 6.45) is 2.97. The van der Waals surface area contributed by atoms with Crippen LogP contribution in [0.25, 0.3) is 11.0 Å². The summed E-state index contributed by atoms with van der Waals surface area (Å²) in [6.45, 7) is 0. The van der Waals surface area contributed by atoms with E-state index in [9.17, 15) is 19.6 Å². The van der Waals surface area contributed by atoms with Gasteiger partial charge in [0.05, 0.1) is 12.2 Å². The fraction of sp³-hybridized carbons (Fsp3) is 0.125. The van der Waals surface area contributed by atoms with Gasteiger partial charge in [-0.25, -0.2) is 0 Å². The van der Waals surface area contributed by atoms with Crippen LogP contribution in [0.15, 0.2) is 53.3 Å². The molecular formula is C16H15BN4O5. The highest BCUT2D eigenvalue weighted by atomic mass is 16.4. The van der Waals surface area contributed by atoms with Crippen LogP contribution in [0.3, 0.4) is 0 Å². The molecule has 2 heterocycles. The van der Waals surface area contributed by atoms with Crippen molar-refractivity contribution < 1.29 is 24.1 Å². The Morgan fingerprint density at radius 1 is 1.15 bits per heavy atom. The molecule has 3 rings (SSSR count). The van der Waals surface area contributed by atoms with Gasteiger partial charge in [0.2, 0.25) is 0 Å². The largest absolute Gasteiger partial charge is 0.475 e. The molecule has 3 aromatic rings. The van der Waals surface area contributed by atoms with Crippen LogP contribution in [0.4, 0.5) is 5.82 Å². The number of hydrogen-bond acceptors (Lipinski definition) is 7. The van der Waals surface area contributed by atoms with Crippen LogP contribution >= 0.6 is 0 Å². The van der Waals surface area contributed by atoms with Crippen LogP contribution in [0.5, 0.6) is 0 Å². The molecule has 10 heteroatoms. The molecule has 4 N–H and O–H groups in total. The molecule has 0 bridgehead atoms. The number of para-hydroxylation sites is 1. The molecule has 0 unspecified atom stereocenters. The van der Waals surface area contributed by atoms with Crippen molar-refractivity contribution in [1.82, 2.24) is 15.5 Å². The number of amides is 2. The third-order valence-electron chi connectivity index (χ3n) is 3.70. The fourth-order valence-corrected chi connectivity index (χ4v) is 2.43. The molecule has 0 saturated heterocycles. The Kier molecular flexibility index (Phi) is 5.25. The molecule has 26 heavy (non-hydrogen) atoms. The molecule has 0 radical (unpaired) electrons. The minimum atomic E-state index is -1.86. The zero-order valence-electron chi connectivity index (χ0n) is 13.5. The number of anilines is 1. The first-order valence-corrected chi connectivity index (χ1v) is 7.75. The van der Waals surface area contributed by atoms with E-state index in [1.54, 1.807) is 12.1 Å². The van der Waals surface area contributed by atoms with Crippen LogP contribution in [-0.2, 0) is 16.0 Å². The summed E-state index contributed by atoms with van der Waals surface area (Å²) in [5, 5.41) is 31.7. The van der Waals surface area contributed by atoms with Crippen molar-refractivity contribution in [3.63, 3.8) is 0 Å². The van der Waals surface area contributed by atoms with Gasteiger partial charge in [-0.3, -0.25) is 9.59 Å². The third kappa shape index (κ3) is 4.05. The Morgan fingerprint density at radius 3 is 2.69 bits per heavy atom. The number of fused-ring (bicyclic) bond motifs is 1. The minimum absolute atomic E-state index is 0.0683. The summed E-state index contributed by atoms with van der Waals surface area (Å²) >= 11 is 0. The molecule has 0 spiro atoms. The molecule has 2 amide bonds. The van der Waals surface area contributed by atoms with Gasteiger partial charge in [0.25, 0.3) is 0 Å². The summed E-state index contributed by atoms with van der Waals surface area (Å²) in [7, 11) is -1.86. The molecule has 0 aliphatic rings. The normalized spacial score (nSPS) is 11.8. The van der Waals surface area contributed by atoms with Gasteiger partial charge < -0.3 is 25.1 Å². The number of benzene rings is 1. The Hall–Kier alpha value is -3.24. The molecule has 0 fully saturated rings. The van der Waals surface area contributed by atoms with Crippen molar-refractivity contribution >= 4 is 35.7 Å². The lowest BCUT2D eigenvalue weighted by Gasteiger charge is -2.16. The smallest absolute Gasteiger partial charge is 0.464 e. The number of hydrogen-bond donors (Lipinski definition) is 4. The van der Waals surface area contributed by atoms with E-state index < -0.39 is 24.9 Å². The lowest BCUT2D eigenvalue weighted by Crippen LogP contribution is -2.51. The van der Waals surface area contributed by atoms with E-state index in [1.807, 2.05) is 18.2 Å². The summed E-state index contributed by atoms with van der Waals surface area (Å²) in [6, 6.07) is 10.2. The zero-order chi connectivity index (χ0) is 18.5. The van der Waals surface area contributed by atoms with Crippen LogP contribution in [-0.4, -0.2) is 45.1 Å². The highest BCUT2D eigenvalue weighted by molar-refractivity contribution is 6.46. The monoisotopic (exact) mass is 354 g/mol. The number of furan rings is 1. The predicted molar refractivity (Wildman–Crippen MR) is 92.7 cm³/mol. The average molecular weight is 354 g/mol. The van der Waals surface area contributed by atoms with Gasteiger partial charge in [0.1, 0.15) is 5.58 Å². The number of rotatable bonds is 5. The second-order valence-electron chi connectivity index (χ2n) is 5.52. The summed E-state index contributed by atoms with van der Waals surface area (Å²) in [4.78, 5) is 23.9. The SMILES string of the molecule is O=C(Nc1cccnn1)C(=O)N[C@@H](Cc1coc2ccccc12)B(O)O. The van der Waals surface area contributed by atoms with E-state index in [4.69, 9.17) is 4.42 Å². The van der Waals surface area contributed by atoms with E-state index in [1.165, 1.54) is 18.5 Å². The van der Waals surface area contributed by atoms with E-state index in [-0.39, 0.29) is 12.2 Å². The first kappa shape index (κ1) is 17.6. The summed E-state index contributed by atoms with van der Waals surface area (Å²) < 4.78 is 5.39. The van der Waals surface area contributed by atoms with Crippen molar-refractivity contribution in [1.29, 1.82) is 0 Å². The van der Waals surface area contributed by atoms with Crippen molar-refractivity contribution in [2.24, 2.45) is 0 Å². The summed E-state index contributed by atoms with van der Waals surface area (Å²) in [5.74, 6) is -3.01. The second kappa shape index (κ2) is 7.76. The van der Waals surface area contributed by atoms with Gasteiger partial charge in [-0.05, 0) is 30.2 Å². The van der Waals surface area contributed by atoms with Crippen LogP contribution in [0.1, 0.15) is 5.56 Å². The lowest BCUT2D eigenvalue weighted by molar-refractivity contribution is -0.136. The summed E-state index contributed by atoms with van der Waals surface area (Å²) in [5.41, 5.74) is 1.31. The Morgan fingerprint density at radius 2 is 1.96 bits per heavy atom. The Balaban J connectivity index is 1.68. The van der Waals surface area contributed by atoms with Gasteiger partial charge in [-0.2, -0.15) is 5.10 Å². The first-order valence-electron chi connectivity index (χ1n) is 7.75. The quantitative estimate of drug-likeness (QED) is 0.371. The first-order chi connectivity index (χ1) is 12.5. The van der Waals surface area contributed by atoms with Crippen LogP contribution in [0.2, 0.25) is 0 Å². The molecule has 9 nitrogen and oxygen atoms in total. The molecule has 0 aliphatic carbocycles. The maximum atomic E-state index is 12.0. The molecule has 2 aromatic heterocycles. The zero-order valence-corrected chi connectivity index (χ0v) is 13.5. The van der Waals surface area contributed by atoms with Crippen LogP contribution in [0, 0.1) is 0 Å². The number of carbonyl (C=O) groups excluding carboxylic acids is 2. The predicted octanol–water partition coefficient (Wildman–Crippen LogP) is -0.0992. The third-order valence-corrected chi connectivity index (χ3v) is 3.70. The highest BCUT2D eigenvalue weighted by Gasteiger charge is 2.29. The van der Waals surface area contributed by atoms with Gasteiger partial charge >= 0.3 is 18.9 Å². The number of carbonyl (C=O) groups is 2. The topological polar surface area (TPSA) is 138 Å². The van der Waals surface area contributed by atoms with Gasteiger partial charge in [-0.1, -0.05) is 18.2 Å². The van der Waals surface area contributed by atoms with E-state index in [0.717, 1.165) is 5.39 Å². The second-order valence-corrected chi connectivity index (χ2v) is 5.52. The standard InChI is InChI=1S/C16H15BN4O5/c22-15(16(23)20-14-6-3-7-18-21-14)19-13(17(24)25)8-10-9-26-12-5-2-1-4-11(10)12/h1-7,9,13,24-25H,8H2,(H,19,22)(H,20,21,23)/t13-/m0/s1. The molecular weight excluding hydrogens is 339 g/mol.